The van der Waals surface area contributed by atoms with Crippen LogP contribution in [0.1, 0.15) is 24.8 Å². The molecule has 1 N–H and O–H groups in total. The summed E-state index contributed by atoms with van der Waals surface area (Å²) in [5.41, 5.74) is 2.83. The fraction of sp³-hybridized carbons (Fsp3) is 0.400. The quantitative estimate of drug-likeness (QED) is 0.631. The Kier molecular flexibility index (Phi) is 5.13. The number of benzene rings is 1. The third-order valence-corrected chi connectivity index (χ3v) is 7.15. The Morgan fingerprint density at radius 1 is 1.09 bits per heavy atom. The minimum absolute atomic E-state index is 0.165. The SMILES string of the molecule is COc1ccc(CN2C(=O)CCN(c3cnc4cc(N5CC6CCC(C5)N6)ccn34)C2=O)cc1. The molecule has 1 aromatic carbocycles. The minimum Gasteiger partial charge on any atom is -0.497 e. The maximum atomic E-state index is 13.3. The average Bonchev–Trinajstić information content (AvgIpc) is 3.43. The molecule has 0 radical (unpaired) electrons. The Hall–Kier alpha value is -3.59. The molecule has 0 aliphatic carbocycles. The highest BCUT2D eigenvalue weighted by molar-refractivity contribution is 6.05. The Balaban J connectivity index is 1.23. The third kappa shape index (κ3) is 3.66. The van der Waals surface area contributed by atoms with Crippen LogP contribution in [0.25, 0.3) is 5.65 Å². The number of hydrogen-bond acceptors (Lipinski definition) is 6. The summed E-state index contributed by atoms with van der Waals surface area (Å²) in [6.45, 7) is 2.58. The zero-order chi connectivity index (χ0) is 23.2. The molecule has 3 saturated heterocycles. The summed E-state index contributed by atoms with van der Waals surface area (Å²) >= 11 is 0. The van der Waals surface area contributed by atoms with E-state index in [0.29, 0.717) is 24.4 Å². The number of nitrogens with one attached hydrogen (secondary N) is 1. The molecule has 3 aliphatic rings. The van der Waals surface area contributed by atoms with Gasteiger partial charge in [0, 0.05) is 56.1 Å². The second kappa shape index (κ2) is 8.32. The first kappa shape index (κ1) is 21.0. The van der Waals surface area contributed by atoms with Gasteiger partial charge in [0.2, 0.25) is 5.91 Å². The molecule has 2 unspecified atom stereocenters. The summed E-state index contributed by atoms with van der Waals surface area (Å²) in [4.78, 5) is 35.9. The number of methoxy groups -OCH3 is 1. The first-order chi connectivity index (χ1) is 16.6. The molecule has 3 amide bonds. The van der Waals surface area contributed by atoms with Gasteiger partial charge in [-0.05, 0) is 36.6 Å². The number of urea groups is 1. The molecule has 0 saturated carbocycles. The molecule has 2 atom stereocenters. The highest BCUT2D eigenvalue weighted by atomic mass is 16.5. The van der Waals surface area contributed by atoms with Gasteiger partial charge in [0.1, 0.15) is 17.2 Å². The number of carbonyl (C=O) groups is 2. The second-order valence-corrected chi connectivity index (χ2v) is 9.28. The average molecular weight is 461 g/mol. The normalized spacial score (nSPS) is 22.7. The van der Waals surface area contributed by atoms with Gasteiger partial charge in [0.25, 0.3) is 0 Å². The Bertz CT molecular complexity index is 1230. The van der Waals surface area contributed by atoms with Gasteiger partial charge in [-0.25, -0.2) is 9.78 Å². The number of fused-ring (bicyclic) bond motifs is 3. The number of aromatic nitrogens is 2. The number of amides is 3. The lowest BCUT2D eigenvalue weighted by molar-refractivity contribution is -0.129. The van der Waals surface area contributed by atoms with E-state index >= 15 is 0 Å². The smallest absolute Gasteiger partial charge is 0.332 e. The van der Waals surface area contributed by atoms with Gasteiger partial charge in [-0.15, -0.1) is 0 Å². The lowest BCUT2D eigenvalue weighted by Gasteiger charge is -2.35. The predicted molar refractivity (Wildman–Crippen MR) is 128 cm³/mol. The molecule has 176 valence electrons. The van der Waals surface area contributed by atoms with Crippen LogP contribution in [0.15, 0.2) is 48.8 Å². The number of pyridine rings is 1. The van der Waals surface area contributed by atoms with Crippen molar-refractivity contribution in [3.05, 3.63) is 54.4 Å². The molecular weight excluding hydrogens is 432 g/mol. The van der Waals surface area contributed by atoms with Crippen LogP contribution in [0.5, 0.6) is 5.75 Å². The van der Waals surface area contributed by atoms with Crippen molar-refractivity contribution in [2.75, 3.05) is 36.5 Å². The lowest BCUT2D eigenvalue weighted by atomic mass is 10.2. The van der Waals surface area contributed by atoms with E-state index in [1.165, 1.54) is 17.7 Å². The molecule has 3 fully saturated rings. The zero-order valence-corrected chi connectivity index (χ0v) is 19.2. The van der Waals surface area contributed by atoms with E-state index in [1.807, 2.05) is 34.9 Å². The minimum atomic E-state index is -0.323. The van der Waals surface area contributed by atoms with Crippen LogP contribution in [0, 0.1) is 0 Å². The number of nitrogens with zero attached hydrogens (tertiary/aromatic N) is 5. The number of piperazine rings is 1. The molecule has 9 heteroatoms. The number of hydrogen-bond donors (Lipinski definition) is 1. The summed E-state index contributed by atoms with van der Waals surface area (Å²) in [5, 5.41) is 3.66. The second-order valence-electron chi connectivity index (χ2n) is 9.28. The van der Waals surface area contributed by atoms with Gasteiger partial charge in [-0.1, -0.05) is 12.1 Å². The monoisotopic (exact) mass is 460 g/mol. The standard InChI is InChI=1S/C25H28N6O3/c1-34-21-6-2-17(3-7-21)14-31-24(32)9-11-30(25(31)33)23-13-26-22-12-20(8-10-29(22)23)28-15-18-4-5-19(16-28)27-18/h2-3,6-8,10,12-13,18-19,27H,4-5,9,11,14-16H2,1H3. The largest absolute Gasteiger partial charge is 0.497 e. The van der Waals surface area contributed by atoms with Gasteiger partial charge in [-0.2, -0.15) is 0 Å². The first-order valence-electron chi connectivity index (χ1n) is 11.8. The van der Waals surface area contributed by atoms with Gasteiger partial charge in [0.15, 0.2) is 0 Å². The van der Waals surface area contributed by atoms with E-state index in [2.05, 4.69) is 27.3 Å². The van der Waals surface area contributed by atoms with Crippen molar-refractivity contribution in [1.29, 1.82) is 0 Å². The molecule has 3 aromatic rings. The summed E-state index contributed by atoms with van der Waals surface area (Å²) in [6, 6.07) is 12.4. The Labute approximate surface area is 197 Å². The number of carbonyl (C=O) groups excluding carboxylic acids is 2. The van der Waals surface area contributed by atoms with Crippen molar-refractivity contribution in [2.45, 2.75) is 37.9 Å². The van der Waals surface area contributed by atoms with Crippen LogP contribution in [0.2, 0.25) is 0 Å². The van der Waals surface area contributed by atoms with Crippen molar-refractivity contribution in [2.24, 2.45) is 0 Å². The van der Waals surface area contributed by atoms with Crippen molar-refractivity contribution in [3.8, 4) is 5.75 Å². The van der Waals surface area contributed by atoms with Gasteiger partial charge in [-0.3, -0.25) is 19.0 Å². The van der Waals surface area contributed by atoms with Crippen LogP contribution in [0.4, 0.5) is 16.3 Å². The first-order valence-corrected chi connectivity index (χ1v) is 11.8. The summed E-state index contributed by atoms with van der Waals surface area (Å²) in [6.07, 6.45) is 6.45. The fourth-order valence-corrected chi connectivity index (χ4v) is 5.33. The van der Waals surface area contributed by atoms with Gasteiger partial charge in [0.05, 0.1) is 19.9 Å². The molecule has 6 rings (SSSR count). The molecule has 0 spiro atoms. The van der Waals surface area contributed by atoms with Crippen molar-refractivity contribution in [3.63, 3.8) is 0 Å². The number of ether oxygens (including phenoxy) is 1. The molecular formula is C25H28N6O3. The molecule has 3 aliphatic heterocycles. The van der Waals surface area contributed by atoms with Crippen LogP contribution in [-0.4, -0.2) is 65.1 Å². The molecule has 34 heavy (non-hydrogen) atoms. The van der Waals surface area contributed by atoms with E-state index in [1.54, 1.807) is 18.2 Å². The van der Waals surface area contributed by atoms with E-state index in [9.17, 15) is 9.59 Å². The lowest BCUT2D eigenvalue weighted by Crippen LogP contribution is -2.52. The molecule has 2 aromatic heterocycles. The molecule has 5 heterocycles. The van der Waals surface area contributed by atoms with Gasteiger partial charge < -0.3 is 15.0 Å². The Morgan fingerprint density at radius 3 is 2.59 bits per heavy atom. The predicted octanol–water partition coefficient (Wildman–Crippen LogP) is 2.64. The summed E-state index contributed by atoms with van der Waals surface area (Å²) < 4.78 is 7.13. The highest BCUT2D eigenvalue weighted by Crippen LogP contribution is 2.29. The van der Waals surface area contributed by atoms with E-state index in [0.717, 1.165) is 35.7 Å². The zero-order valence-electron chi connectivity index (χ0n) is 19.2. The molecule has 9 nitrogen and oxygen atoms in total. The van der Waals surface area contributed by atoms with Crippen molar-refractivity contribution < 1.29 is 14.3 Å². The number of rotatable bonds is 5. The number of imide groups is 1. The van der Waals surface area contributed by atoms with Crippen LogP contribution < -0.4 is 19.9 Å². The van der Waals surface area contributed by atoms with E-state index < -0.39 is 0 Å². The topological polar surface area (TPSA) is 82.4 Å². The van der Waals surface area contributed by atoms with Gasteiger partial charge >= 0.3 is 6.03 Å². The third-order valence-electron chi connectivity index (χ3n) is 7.15. The van der Waals surface area contributed by atoms with Crippen molar-refractivity contribution >= 4 is 29.1 Å². The maximum absolute atomic E-state index is 13.3. The maximum Gasteiger partial charge on any atom is 0.332 e. The Morgan fingerprint density at radius 2 is 1.85 bits per heavy atom. The fourth-order valence-electron chi connectivity index (χ4n) is 5.33. The van der Waals surface area contributed by atoms with Crippen LogP contribution in [0.3, 0.4) is 0 Å². The highest BCUT2D eigenvalue weighted by Gasteiger charge is 2.35. The van der Waals surface area contributed by atoms with Crippen LogP contribution >= 0.6 is 0 Å². The number of anilines is 2. The van der Waals surface area contributed by atoms with Crippen molar-refractivity contribution in [1.82, 2.24) is 19.6 Å². The van der Waals surface area contributed by atoms with Crippen LogP contribution in [-0.2, 0) is 11.3 Å². The van der Waals surface area contributed by atoms with E-state index in [-0.39, 0.29) is 24.9 Å². The molecule has 2 bridgehead atoms. The summed E-state index contributed by atoms with van der Waals surface area (Å²) in [7, 11) is 1.61. The van der Waals surface area contributed by atoms with E-state index in [4.69, 9.17) is 4.74 Å². The number of imidazole rings is 1. The summed E-state index contributed by atoms with van der Waals surface area (Å²) in [5.74, 6) is 1.25.